The molecule has 2 atom stereocenters. The molecular formula is C14H25NO2. The standard InChI is InChI=1S/C14H25NO2/c1-9(2)6-12-8-13(7-10(3)4)15(11(5)16)14(12)17/h9-10,12-13H,6-8H2,1-5H3/t12-,13-/m1/s1. The van der Waals surface area contributed by atoms with Gasteiger partial charge in [-0.1, -0.05) is 27.7 Å². The highest BCUT2D eigenvalue weighted by atomic mass is 16.2. The zero-order chi connectivity index (χ0) is 13.2. The molecule has 3 nitrogen and oxygen atoms in total. The van der Waals surface area contributed by atoms with Crippen LogP contribution >= 0.6 is 0 Å². The van der Waals surface area contributed by atoms with Crippen molar-refractivity contribution in [3.8, 4) is 0 Å². The molecule has 0 spiro atoms. The van der Waals surface area contributed by atoms with Crippen LogP contribution in [0.25, 0.3) is 0 Å². The normalized spacial score (nSPS) is 25.1. The first-order valence-corrected chi connectivity index (χ1v) is 6.66. The third-order valence-corrected chi connectivity index (χ3v) is 3.35. The van der Waals surface area contributed by atoms with Gasteiger partial charge in [-0.15, -0.1) is 0 Å². The van der Waals surface area contributed by atoms with Crippen molar-refractivity contribution in [1.29, 1.82) is 0 Å². The van der Waals surface area contributed by atoms with E-state index in [9.17, 15) is 9.59 Å². The van der Waals surface area contributed by atoms with Gasteiger partial charge in [0, 0.05) is 18.9 Å². The van der Waals surface area contributed by atoms with Gasteiger partial charge >= 0.3 is 0 Å². The zero-order valence-electron chi connectivity index (χ0n) is 11.7. The summed E-state index contributed by atoms with van der Waals surface area (Å²) in [4.78, 5) is 25.3. The Hall–Kier alpha value is -0.860. The Morgan fingerprint density at radius 2 is 1.76 bits per heavy atom. The second-order valence-corrected chi connectivity index (χ2v) is 6.07. The van der Waals surface area contributed by atoms with Crippen molar-refractivity contribution < 1.29 is 9.59 Å². The molecule has 0 aliphatic carbocycles. The van der Waals surface area contributed by atoms with E-state index in [0.717, 1.165) is 19.3 Å². The summed E-state index contributed by atoms with van der Waals surface area (Å²) in [5, 5.41) is 0. The highest BCUT2D eigenvalue weighted by Gasteiger charge is 2.41. The van der Waals surface area contributed by atoms with E-state index in [4.69, 9.17) is 0 Å². The van der Waals surface area contributed by atoms with E-state index in [-0.39, 0.29) is 23.8 Å². The molecule has 1 saturated heterocycles. The van der Waals surface area contributed by atoms with E-state index in [1.54, 1.807) is 0 Å². The Balaban J connectivity index is 2.77. The summed E-state index contributed by atoms with van der Waals surface area (Å²) < 4.78 is 0. The molecule has 3 heteroatoms. The van der Waals surface area contributed by atoms with E-state index >= 15 is 0 Å². The molecule has 1 aliphatic rings. The van der Waals surface area contributed by atoms with Crippen LogP contribution < -0.4 is 0 Å². The summed E-state index contributed by atoms with van der Waals surface area (Å²) in [6.07, 6.45) is 2.69. The number of carbonyl (C=O) groups excluding carboxylic acids is 2. The van der Waals surface area contributed by atoms with Crippen LogP contribution in [0, 0.1) is 17.8 Å². The van der Waals surface area contributed by atoms with Crippen LogP contribution in [-0.2, 0) is 9.59 Å². The molecular weight excluding hydrogens is 214 g/mol. The molecule has 1 rings (SSSR count). The van der Waals surface area contributed by atoms with Gasteiger partial charge in [-0.2, -0.15) is 0 Å². The highest BCUT2D eigenvalue weighted by Crippen LogP contribution is 2.32. The first kappa shape index (κ1) is 14.2. The SMILES string of the molecule is CC(=O)N1C(=O)[C@H](CC(C)C)C[C@H]1CC(C)C. The van der Waals surface area contributed by atoms with Gasteiger partial charge in [-0.05, 0) is 31.1 Å². The summed E-state index contributed by atoms with van der Waals surface area (Å²) in [6, 6.07) is 0.128. The molecule has 0 radical (unpaired) electrons. The Morgan fingerprint density at radius 3 is 2.18 bits per heavy atom. The van der Waals surface area contributed by atoms with Crippen LogP contribution in [0.4, 0.5) is 0 Å². The lowest BCUT2D eigenvalue weighted by molar-refractivity contribution is -0.144. The average molecular weight is 239 g/mol. The van der Waals surface area contributed by atoms with Crippen molar-refractivity contribution in [2.24, 2.45) is 17.8 Å². The molecule has 2 amide bonds. The first-order valence-electron chi connectivity index (χ1n) is 6.66. The molecule has 0 aromatic rings. The second-order valence-electron chi connectivity index (χ2n) is 6.07. The van der Waals surface area contributed by atoms with E-state index < -0.39 is 0 Å². The summed E-state index contributed by atoms with van der Waals surface area (Å²) in [5.41, 5.74) is 0. The topological polar surface area (TPSA) is 37.4 Å². The predicted molar refractivity (Wildman–Crippen MR) is 68.3 cm³/mol. The summed E-state index contributed by atoms with van der Waals surface area (Å²) >= 11 is 0. The molecule has 1 aliphatic heterocycles. The van der Waals surface area contributed by atoms with Crippen LogP contribution in [0.1, 0.15) is 53.9 Å². The van der Waals surface area contributed by atoms with Gasteiger partial charge in [0.05, 0.1) is 0 Å². The Bertz CT molecular complexity index is 297. The third-order valence-electron chi connectivity index (χ3n) is 3.35. The molecule has 17 heavy (non-hydrogen) atoms. The largest absolute Gasteiger partial charge is 0.279 e. The van der Waals surface area contributed by atoms with Gasteiger partial charge in [0.15, 0.2) is 0 Å². The minimum Gasteiger partial charge on any atom is -0.279 e. The fraction of sp³-hybridized carbons (Fsp3) is 0.857. The van der Waals surface area contributed by atoms with E-state index in [1.165, 1.54) is 11.8 Å². The molecule has 1 heterocycles. The lowest BCUT2D eigenvalue weighted by atomic mass is 9.92. The van der Waals surface area contributed by atoms with Crippen LogP contribution in [0.15, 0.2) is 0 Å². The average Bonchev–Trinajstić information content (AvgIpc) is 2.40. The molecule has 0 bridgehead atoms. The second kappa shape index (κ2) is 5.65. The lowest BCUT2D eigenvalue weighted by Gasteiger charge is -2.22. The Labute approximate surface area is 105 Å². The van der Waals surface area contributed by atoms with Crippen LogP contribution in [-0.4, -0.2) is 22.8 Å². The van der Waals surface area contributed by atoms with Gasteiger partial charge in [-0.3, -0.25) is 14.5 Å². The fourth-order valence-electron chi connectivity index (χ4n) is 2.84. The fourth-order valence-corrected chi connectivity index (χ4v) is 2.84. The predicted octanol–water partition coefficient (Wildman–Crippen LogP) is 2.84. The van der Waals surface area contributed by atoms with Crippen molar-refractivity contribution in [2.75, 3.05) is 0 Å². The highest BCUT2D eigenvalue weighted by molar-refractivity contribution is 5.97. The van der Waals surface area contributed by atoms with Crippen molar-refractivity contribution >= 4 is 11.8 Å². The van der Waals surface area contributed by atoms with Crippen molar-refractivity contribution in [3.63, 3.8) is 0 Å². The maximum atomic E-state index is 12.2. The maximum Gasteiger partial charge on any atom is 0.232 e. The summed E-state index contributed by atoms with van der Waals surface area (Å²) in [5.74, 6) is 1.05. The molecule has 1 fully saturated rings. The Kier molecular flexibility index (Phi) is 4.72. The quantitative estimate of drug-likeness (QED) is 0.756. The number of imide groups is 1. The minimum absolute atomic E-state index is 0.0526. The number of hydrogen-bond acceptors (Lipinski definition) is 2. The first-order chi connectivity index (χ1) is 7.82. The summed E-state index contributed by atoms with van der Waals surface area (Å²) in [7, 11) is 0. The number of rotatable bonds is 4. The molecule has 98 valence electrons. The molecule has 0 N–H and O–H groups in total. The van der Waals surface area contributed by atoms with Crippen LogP contribution in [0.3, 0.4) is 0 Å². The molecule has 0 aromatic carbocycles. The molecule has 0 aromatic heterocycles. The minimum atomic E-state index is -0.0908. The summed E-state index contributed by atoms with van der Waals surface area (Å²) in [6.45, 7) is 10.0. The number of carbonyl (C=O) groups is 2. The van der Waals surface area contributed by atoms with Crippen molar-refractivity contribution in [1.82, 2.24) is 4.90 Å². The van der Waals surface area contributed by atoms with Gasteiger partial charge in [0.1, 0.15) is 0 Å². The zero-order valence-corrected chi connectivity index (χ0v) is 11.7. The number of hydrogen-bond donors (Lipinski definition) is 0. The number of likely N-dealkylation sites (tertiary alicyclic amines) is 1. The molecule has 0 saturated carbocycles. The Morgan fingerprint density at radius 1 is 1.24 bits per heavy atom. The monoisotopic (exact) mass is 239 g/mol. The smallest absolute Gasteiger partial charge is 0.232 e. The molecule has 0 unspecified atom stereocenters. The third kappa shape index (κ3) is 3.55. The van der Waals surface area contributed by atoms with Crippen LogP contribution in [0.5, 0.6) is 0 Å². The van der Waals surface area contributed by atoms with Gasteiger partial charge in [0.2, 0.25) is 11.8 Å². The van der Waals surface area contributed by atoms with E-state index in [2.05, 4.69) is 27.7 Å². The lowest BCUT2D eigenvalue weighted by Crippen LogP contribution is -2.38. The van der Waals surface area contributed by atoms with E-state index in [1.807, 2.05) is 0 Å². The number of amides is 2. The van der Waals surface area contributed by atoms with Gasteiger partial charge in [-0.25, -0.2) is 0 Å². The van der Waals surface area contributed by atoms with Crippen LogP contribution in [0.2, 0.25) is 0 Å². The van der Waals surface area contributed by atoms with E-state index in [0.29, 0.717) is 11.8 Å². The van der Waals surface area contributed by atoms with Crippen molar-refractivity contribution in [2.45, 2.75) is 59.9 Å². The van der Waals surface area contributed by atoms with Gasteiger partial charge in [0.25, 0.3) is 0 Å². The maximum absolute atomic E-state index is 12.2. The number of nitrogens with zero attached hydrogens (tertiary/aromatic N) is 1. The van der Waals surface area contributed by atoms with Gasteiger partial charge < -0.3 is 0 Å². The van der Waals surface area contributed by atoms with Crippen molar-refractivity contribution in [3.05, 3.63) is 0 Å².